The van der Waals surface area contributed by atoms with Crippen molar-refractivity contribution in [2.24, 2.45) is 5.92 Å². The van der Waals surface area contributed by atoms with Crippen LogP contribution in [-0.4, -0.2) is 65.0 Å². The van der Waals surface area contributed by atoms with Gasteiger partial charge < -0.3 is 15.7 Å². The van der Waals surface area contributed by atoms with Crippen molar-refractivity contribution in [3.05, 3.63) is 41.3 Å². The molecule has 0 saturated heterocycles. The van der Waals surface area contributed by atoms with Gasteiger partial charge in [0.25, 0.3) is 5.91 Å². The van der Waals surface area contributed by atoms with Gasteiger partial charge in [0.15, 0.2) is 0 Å². The van der Waals surface area contributed by atoms with Gasteiger partial charge in [-0.1, -0.05) is 6.07 Å². The van der Waals surface area contributed by atoms with Gasteiger partial charge in [0.05, 0.1) is 17.5 Å². The largest absolute Gasteiger partial charge is 0.480 e. The molecule has 0 unspecified atom stereocenters. The van der Waals surface area contributed by atoms with Crippen molar-refractivity contribution in [3.8, 4) is 0 Å². The third-order valence-corrected chi connectivity index (χ3v) is 7.24. The van der Waals surface area contributed by atoms with E-state index in [2.05, 4.69) is 31.5 Å². The molecular formula is C21H28N6O5S. The highest BCUT2D eigenvalue weighted by molar-refractivity contribution is 7.89. The minimum Gasteiger partial charge on any atom is -0.480 e. The third kappa shape index (κ3) is 6.51. The molecular weight excluding hydrogens is 448 g/mol. The van der Waals surface area contributed by atoms with E-state index in [0.717, 1.165) is 43.7 Å². The zero-order chi connectivity index (χ0) is 23.4. The van der Waals surface area contributed by atoms with Crippen molar-refractivity contribution in [2.75, 3.05) is 24.2 Å². The first-order chi connectivity index (χ1) is 15.8. The van der Waals surface area contributed by atoms with Crippen LogP contribution in [0.25, 0.3) is 0 Å². The van der Waals surface area contributed by atoms with Gasteiger partial charge in [-0.25, -0.2) is 13.4 Å². The molecule has 2 aliphatic rings. The van der Waals surface area contributed by atoms with Gasteiger partial charge in [-0.05, 0) is 43.2 Å². The second-order valence-electron chi connectivity index (χ2n) is 8.53. The number of amides is 1. The average Bonchev–Trinajstić information content (AvgIpc) is 3.45. The number of carbonyl (C=O) groups excluding carboxylic acids is 1. The Labute approximate surface area is 192 Å². The van der Waals surface area contributed by atoms with Crippen LogP contribution < -0.4 is 15.4 Å². The van der Waals surface area contributed by atoms with Crippen LogP contribution in [0.5, 0.6) is 0 Å². The number of anilines is 1. The SMILES string of the molecule is O=C(NC[C@H](NS(=O)(=O)CC1CC1)C(=O)O)c1cnn(CCc2ccc3c(n2)NCCC3)c1. The number of aliphatic carboxylic acids is 1. The lowest BCUT2D eigenvalue weighted by molar-refractivity contribution is -0.138. The Balaban J connectivity index is 1.28. The number of sulfonamides is 1. The zero-order valence-electron chi connectivity index (χ0n) is 18.2. The van der Waals surface area contributed by atoms with E-state index in [1.807, 2.05) is 6.07 Å². The van der Waals surface area contributed by atoms with Crippen molar-refractivity contribution in [2.45, 2.75) is 44.7 Å². The Morgan fingerprint density at radius 1 is 1.30 bits per heavy atom. The lowest BCUT2D eigenvalue weighted by atomic mass is 10.1. The monoisotopic (exact) mass is 476 g/mol. The molecule has 1 amide bonds. The lowest BCUT2D eigenvalue weighted by Crippen LogP contribution is -2.49. The lowest BCUT2D eigenvalue weighted by Gasteiger charge is -2.17. The van der Waals surface area contributed by atoms with E-state index in [4.69, 9.17) is 0 Å². The number of hydrogen-bond acceptors (Lipinski definition) is 7. The van der Waals surface area contributed by atoms with E-state index in [1.165, 1.54) is 11.8 Å². The minimum atomic E-state index is -3.72. The maximum Gasteiger partial charge on any atom is 0.323 e. The topological polar surface area (TPSA) is 155 Å². The van der Waals surface area contributed by atoms with Gasteiger partial charge >= 0.3 is 5.97 Å². The molecule has 0 spiro atoms. The van der Waals surface area contributed by atoms with Crippen molar-refractivity contribution in [1.82, 2.24) is 24.8 Å². The Bertz CT molecular complexity index is 1130. The number of rotatable bonds is 11. The predicted octanol–water partition coefficient (Wildman–Crippen LogP) is 0.391. The molecule has 0 aromatic carbocycles. The molecule has 1 fully saturated rings. The number of aryl methyl sites for hydroxylation is 3. The molecule has 0 radical (unpaired) electrons. The molecule has 1 aliphatic carbocycles. The van der Waals surface area contributed by atoms with Crippen LogP contribution in [-0.2, 0) is 34.2 Å². The van der Waals surface area contributed by atoms with E-state index in [-0.39, 0.29) is 23.8 Å². The maximum absolute atomic E-state index is 12.4. The predicted molar refractivity (Wildman–Crippen MR) is 120 cm³/mol. The first-order valence-corrected chi connectivity index (χ1v) is 12.7. The normalized spacial score (nSPS) is 16.5. The van der Waals surface area contributed by atoms with Gasteiger partial charge in [-0.15, -0.1) is 0 Å². The summed E-state index contributed by atoms with van der Waals surface area (Å²) in [7, 11) is -3.72. The second-order valence-corrected chi connectivity index (χ2v) is 10.3. The molecule has 11 nitrogen and oxygen atoms in total. The summed E-state index contributed by atoms with van der Waals surface area (Å²) < 4.78 is 27.9. The van der Waals surface area contributed by atoms with E-state index in [9.17, 15) is 23.1 Å². The van der Waals surface area contributed by atoms with Gasteiger partial charge in [0.2, 0.25) is 10.0 Å². The molecule has 4 N–H and O–H groups in total. The Morgan fingerprint density at radius 2 is 2.12 bits per heavy atom. The number of nitrogens with one attached hydrogen (secondary N) is 3. The zero-order valence-corrected chi connectivity index (χ0v) is 19.0. The Hall–Kier alpha value is -2.99. The van der Waals surface area contributed by atoms with E-state index in [1.54, 1.807) is 10.9 Å². The van der Waals surface area contributed by atoms with Crippen LogP contribution in [0.2, 0.25) is 0 Å². The molecule has 178 valence electrons. The number of hydrogen-bond donors (Lipinski definition) is 4. The standard InChI is InChI=1S/C21H28N6O5S/c28-20(23-11-18(21(29)30)26-33(31,32)13-14-3-4-14)16-10-24-27(12-16)9-7-17-6-5-15-2-1-8-22-19(15)25-17/h5-6,10,12,14,18,26H,1-4,7-9,11,13H2,(H,22,25)(H,23,28)(H,29,30)/t18-/m0/s1. The summed E-state index contributed by atoms with van der Waals surface area (Å²) >= 11 is 0. The Morgan fingerprint density at radius 3 is 2.88 bits per heavy atom. The van der Waals surface area contributed by atoms with Crippen molar-refractivity contribution >= 4 is 27.7 Å². The molecule has 33 heavy (non-hydrogen) atoms. The van der Waals surface area contributed by atoms with Crippen LogP contribution in [0.4, 0.5) is 5.82 Å². The van der Waals surface area contributed by atoms with Gasteiger partial charge in [0, 0.05) is 37.9 Å². The fourth-order valence-electron chi connectivity index (χ4n) is 3.68. The molecule has 4 rings (SSSR count). The van der Waals surface area contributed by atoms with Gasteiger partial charge in [-0.3, -0.25) is 14.3 Å². The first-order valence-electron chi connectivity index (χ1n) is 11.1. The van der Waals surface area contributed by atoms with Gasteiger partial charge in [-0.2, -0.15) is 9.82 Å². The summed E-state index contributed by atoms with van der Waals surface area (Å²) in [6.45, 7) is 1.08. The molecule has 1 aliphatic heterocycles. The molecule has 1 atom stereocenters. The summed E-state index contributed by atoms with van der Waals surface area (Å²) in [6, 6.07) is 2.65. The van der Waals surface area contributed by atoms with Crippen molar-refractivity contribution in [3.63, 3.8) is 0 Å². The summed E-state index contributed by atoms with van der Waals surface area (Å²) in [5.74, 6) is -0.945. The Kier molecular flexibility index (Phi) is 6.94. The fraction of sp³-hybridized carbons (Fsp3) is 0.524. The second kappa shape index (κ2) is 9.87. The van der Waals surface area contributed by atoms with Crippen LogP contribution in [0.15, 0.2) is 24.5 Å². The average molecular weight is 477 g/mol. The van der Waals surface area contributed by atoms with Gasteiger partial charge in [0.1, 0.15) is 11.9 Å². The van der Waals surface area contributed by atoms with Crippen LogP contribution in [0.1, 0.15) is 40.9 Å². The molecule has 12 heteroatoms. The third-order valence-electron chi connectivity index (χ3n) is 5.68. The molecule has 2 aromatic heterocycles. The smallest absolute Gasteiger partial charge is 0.323 e. The van der Waals surface area contributed by atoms with Crippen LogP contribution in [0.3, 0.4) is 0 Å². The number of aromatic nitrogens is 3. The summed E-state index contributed by atoms with van der Waals surface area (Å²) in [4.78, 5) is 28.5. The maximum atomic E-state index is 12.4. The number of nitrogens with zero attached hydrogens (tertiary/aromatic N) is 3. The quantitative estimate of drug-likeness (QED) is 0.363. The minimum absolute atomic E-state index is 0.0881. The van der Waals surface area contributed by atoms with E-state index >= 15 is 0 Å². The number of pyridine rings is 1. The highest BCUT2D eigenvalue weighted by atomic mass is 32.2. The number of fused-ring (bicyclic) bond motifs is 1. The number of carboxylic acids is 1. The van der Waals surface area contributed by atoms with Crippen LogP contribution >= 0.6 is 0 Å². The number of carboxylic acid groups (broad SMARTS) is 1. The summed E-state index contributed by atoms with van der Waals surface area (Å²) in [6.07, 6.45) is 7.39. The van der Waals surface area contributed by atoms with E-state index in [0.29, 0.717) is 13.0 Å². The first kappa shape index (κ1) is 23.2. The summed E-state index contributed by atoms with van der Waals surface area (Å²) in [5.41, 5.74) is 2.41. The highest BCUT2D eigenvalue weighted by Gasteiger charge is 2.31. The number of carbonyl (C=O) groups is 2. The molecule has 3 heterocycles. The fourth-order valence-corrected chi connectivity index (χ4v) is 5.34. The van der Waals surface area contributed by atoms with E-state index < -0.39 is 27.9 Å². The highest BCUT2D eigenvalue weighted by Crippen LogP contribution is 2.30. The van der Waals surface area contributed by atoms with Crippen molar-refractivity contribution in [1.29, 1.82) is 0 Å². The molecule has 2 aromatic rings. The molecule has 1 saturated carbocycles. The molecule has 0 bridgehead atoms. The van der Waals surface area contributed by atoms with Crippen LogP contribution in [0, 0.1) is 5.92 Å². The summed E-state index contributed by atoms with van der Waals surface area (Å²) in [5, 5.41) is 19.3. The van der Waals surface area contributed by atoms with Crippen molar-refractivity contribution < 1.29 is 23.1 Å².